The maximum atomic E-state index is 12.9. The first-order valence-corrected chi connectivity index (χ1v) is 9.41. The first-order valence-electron chi connectivity index (χ1n) is 9.41. The summed E-state index contributed by atoms with van der Waals surface area (Å²) in [5.74, 6) is 1.67. The van der Waals surface area contributed by atoms with E-state index in [1.165, 1.54) is 0 Å². The Kier molecular flexibility index (Phi) is 5.23. The van der Waals surface area contributed by atoms with Gasteiger partial charge in [0.05, 0.1) is 12.2 Å². The number of benzene rings is 2. The molecule has 2 heterocycles. The number of rotatable bonds is 5. The van der Waals surface area contributed by atoms with Gasteiger partial charge >= 0.3 is 0 Å². The molecule has 0 unspecified atom stereocenters. The average Bonchev–Trinajstić information content (AvgIpc) is 3.25. The van der Waals surface area contributed by atoms with Crippen molar-refractivity contribution in [1.82, 2.24) is 15.0 Å². The van der Waals surface area contributed by atoms with Gasteiger partial charge in [0.25, 0.3) is 17.7 Å². The molecule has 0 atom stereocenters. The molecule has 0 saturated carbocycles. The molecule has 0 radical (unpaired) electrons. The maximum Gasteiger partial charge on any atom is 0.266 e. The van der Waals surface area contributed by atoms with Crippen LogP contribution in [0.5, 0.6) is 5.75 Å². The number of hydrogen-bond donors (Lipinski definition) is 0. The van der Waals surface area contributed by atoms with Crippen LogP contribution in [0.25, 0.3) is 11.5 Å². The van der Waals surface area contributed by atoms with Crippen LogP contribution in [0, 0.1) is 0 Å². The number of anilines is 1. The van der Waals surface area contributed by atoms with Crippen LogP contribution >= 0.6 is 0 Å². The van der Waals surface area contributed by atoms with Crippen molar-refractivity contribution in [3.63, 3.8) is 0 Å². The fourth-order valence-electron chi connectivity index (χ4n) is 3.25. The maximum absolute atomic E-state index is 12.9. The summed E-state index contributed by atoms with van der Waals surface area (Å²) in [6, 6.07) is 17.1. The van der Waals surface area contributed by atoms with Gasteiger partial charge in [-0.2, -0.15) is 4.98 Å². The van der Waals surface area contributed by atoms with Gasteiger partial charge in [-0.3, -0.25) is 4.79 Å². The van der Waals surface area contributed by atoms with Crippen molar-refractivity contribution in [3.05, 3.63) is 60.2 Å². The Bertz CT molecular complexity index is 934. The zero-order valence-corrected chi connectivity index (χ0v) is 15.7. The van der Waals surface area contributed by atoms with Crippen LogP contribution in [0.2, 0.25) is 0 Å². The summed E-state index contributed by atoms with van der Waals surface area (Å²) >= 11 is 0. The van der Waals surface area contributed by atoms with E-state index in [0.29, 0.717) is 55.9 Å². The predicted molar refractivity (Wildman–Crippen MR) is 105 cm³/mol. The van der Waals surface area contributed by atoms with Crippen LogP contribution in [0.3, 0.4) is 0 Å². The Morgan fingerprint density at radius 2 is 1.75 bits per heavy atom. The third-order valence-corrected chi connectivity index (χ3v) is 4.70. The number of amides is 1. The smallest absolute Gasteiger partial charge is 0.266 e. The van der Waals surface area contributed by atoms with Crippen LogP contribution in [-0.2, 0) is 0 Å². The molecular weight excluding hydrogens is 356 g/mol. The molecule has 1 saturated heterocycles. The summed E-state index contributed by atoms with van der Waals surface area (Å²) in [7, 11) is 0. The Balaban J connectivity index is 1.41. The molecule has 28 heavy (non-hydrogen) atoms. The third-order valence-electron chi connectivity index (χ3n) is 4.70. The highest BCUT2D eigenvalue weighted by Crippen LogP contribution is 2.23. The largest absolute Gasteiger partial charge is 0.493 e. The van der Waals surface area contributed by atoms with Gasteiger partial charge in [0, 0.05) is 31.7 Å². The molecule has 0 bridgehead atoms. The van der Waals surface area contributed by atoms with Crippen molar-refractivity contribution in [2.45, 2.75) is 6.92 Å². The van der Waals surface area contributed by atoms with E-state index in [-0.39, 0.29) is 5.91 Å². The van der Waals surface area contributed by atoms with E-state index in [0.717, 1.165) is 5.56 Å². The number of para-hydroxylation sites is 1. The summed E-state index contributed by atoms with van der Waals surface area (Å²) in [4.78, 5) is 21.3. The van der Waals surface area contributed by atoms with Crippen LogP contribution in [-0.4, -0.2) is 53.7 Å². The summed E-state index contributed by atoms with van der Waals surface area (Å²) in [5, 5.41) is 4.10. The lowest BCUT2D eigenvalue weighted by molar-refractivity contribution is 0.0742. The van der Waals surface area contributed by atoms with E-state index in [1.54, 1.807) is 0 Å². The number of piperazine rings is 1. The molecule has 7 heteroatoms. The second-order valence-corrected chi connectivity index (χ2v) is 6.47. The molecule has 1 aromatic heterocycles. The van der Waals surface area contributed by atoms with Crippen LogP contribution in [0.1, 0.15) is 17.3 Å². The SMILES string of the molecule is CCOc1ccccc1C(=O)N1CCN(c2noc(-c3ccccc3)n2)CC1. The Labute approximate surface area is 163 Å². The van der Waals surface area contributed by atoms with Gasteiger partial charge in [-0.15, -0.1) is 0 Å². The molecular formula is C21H22N4O3. The van der Waals surface area contributed by atoms with E-state index in [2.05, 4.69) is 10.1 Å². The molecule has 0 N–H and O–H groups in total. The van der Waals surface area contributed by atoms with Gasteiger partial charge in [0.1, 0.15) is 5.75 Å². The van der Waals surface area contributed by atoms with E-state index >= 15 is 0 Å². The summed E-state index contributed by atoms with van der Waals surface area (Å²) < 4.78 is 11.0. The standard InChI is InChI=1S/C21H22N4O3/c1-2-27-18-11-7-6-10-17(18)20(26)24-12-14-25(15-13-24)21-22-19(28-23-21)16-8-4-3-5-9-16/h3-11H,2,12-15H2,1H3. The first-order chi connectivity index (χ1) is 13.8. The molecule has 0 aliphatic carbocycles. The average molecular weight is 378 g/mol. The Hall–Kier alpha value is -3.35. The van der Waals surface area contributed by atoms with Gasteiger partial charge in [0.15, 0.2) is 0 Å². The fraction of sp³-hybridized carbons (Fsp3) is 0.286. The Morgan fingerprint density at radius 1 is 1.04 bits per heavy atom. The third kappa shape index (κ3) is 3.69. The summed E-state index contributed by atoms with van der Waals surface area (Å²) in [6.45, 7) is 4.92. The van der Waals surface area contributed by atoms with Gasteiger partial charge < -0.3 is 19.1 Å². The number of carbonyl (C=O) groups is 1. The van der Waals surface area contributed by atoms with Crippen molar-refractivity contribution in [3.8, 4) is 17.2 Å². The lowest BCUT2D eigenvalue weighted by Gasteiger charge is -2.34. The van der Waals surface area contributed by atoms with E-state index in [1.807, 2.05) is 71.3 Å². The first kappa shape index (κ1) is 18.0. The molecule has 2 aromatic carbocycles. The predicted octanol–water partition coefficient (Wildman–Crippen LogP) is 3.10. The van der Waals surface area contributed by atoms with E-state index < -0.39 is 0 Å². The molecule has 1 aliphatic rings. The van der Waals surface area contributed by atoms with Gasteiger partial charge in [-0.25, -0.2) is 0 Å². The number of ether oxygens (including phenoxy) is 1. The fourth-order valence-corrected chi connectivity index (χ4v) is 3.25. The van der Waals surface area contributed by atoms with Gasteiger partial charge in [-0.05, 0) is 36.3 Å². The number of nitrogens with zero attached hydrogens (tertiary/aromatic N) is 4. The number of carbonyl (C=O) groups excluding carboxylic acids is 1. The zero-order valence-electron chi connectivity index (χ0n) is 15.7. The number of hydrogen-bond acceptors (Lipinski definition) is 6. The molecule has 144 valence electrons. The molecule has 4 rings (SSSR count). The van der Waals surface area contributed by atoms with Crippen LogP contribution in [0.15, 0.2) is 59.1 Å². The van der Waals surface area contributed by atoms with Crippen molar-refractivity contribution < 1.29 is 14.1 Å². The normalized spacial score (nSPS) is 14.2. The number of aromatic nitrogens is 2. The second-order valence-electron chi connectivity index (χ2n) is 6.47. The van der Waals surface area contributed by atoms with Crippen molar-refractivity contribution in [2.24, 2.45) is 0 Å². The zero-order chi connectivity index (χ0) is 19.3. The monoisotopic (exact) mass is 378 g/mol. The Morgan fingerprint density at radius 3 is 2.50 bits per heavy atom. The van der Waals surface area contributed by atoms with Crippen molar-refractivity contribution in [2.75, 3.05) is 37.7 Å². The minimum Gasteiger partial charge on any atom is -0.493 e. The molecule has 1 aliphatic heterocycles. The molecule has 3 aromatic rings. The van der Waals surface area contributed by atoms with Gasteiger partial charge in [-0.1, -0.05) is 30.3 Å². The lowest BCUT2D eigenvalue weighted by atomic mass is 10.1. The quantitative estimate of drug-likeness (QED) is 0.679. The minimum absolute atomic E-state index is 0.0122. The molecule has 7 nitrogen and oxygen atoms in total. The second kappa shape index (κ2) is 8.12. The van der Waals surface area contributed by atoms with Crippen LogP contribution < -0.4 is 9.64 Å². The van der Waals surface area contributed by atoms with Crippen LogP contribution in [0.4, 0.5) is 5.95 Å². The van der Waals surface area contributed by atoms with E-state index in [9.17, 15) is 4.79 Å². The lowest BCUT2D eigenvalue weighted by Crippen LogP contribution is -2.49. The minimum atomic E-state index is -0.0122. The topological polar surface area (TPSA) is 71.7 Å². The molecule has 1 amide bonds. The van der Waals surface area contributed by atoms with Gasteiger partial charge in [0.2, 0.25) is 0 Å². The van der Waals surface area contributed by atoms with E-state index in [4.69, 9.17) is 9.26 Å². The highest BCUT2D eigenvalue weighted by molar-refractivity contribution is 5.97. The highest BCUT2D eigenvalue weighted by atomic mass is 16.5. The summed E-state index contributed by atoms with van der Waals surface area (Å²) in [5.41, 5.74) is 1.49. The van der Waals surface area contributed by atoms with Crippen molar-refractivity contribution >= 4 is 11.9 Å². The highest BCUT2D eigenvalue weighted by Gasteiger charge is 2.26. The molecule has 1 fully saturated rings. The molecule has 0 spiro atoms. The van der Waals surface area contributed by atoms with Crippen molar-refractivity contribution in [1.29, 1.82) is 0 Å². The summed E-state index contributed by atoms with van der Waals surface area (Å²) in [6.07, 6.45) is 0.